The number of pyridine rings is 1. The van der Waals surface area contributed by atoms with Gasteiger partial charge in [-0.15, -0.1) is 0 Å². The third-order valence-electron chi connectivity index (χ3n) is 2.58. The molecule has 0 spiro atoms. The molecule has 1 aromatic rings. The third-order valence-corrected chi connectivity index (χ3v) is 2.58. The van der Waals surface area contributed by atoms with Crippen molar-refractivity contribution in [3.63, 3.8) is 0 Å². The van der Waals surface area contributed by atoms with E-state index in [0.717, 1.165) is 0 Å². The summed E-state index contributed by atoms with van der Waals surface area (Å²) in [6, 6.07) is 1.98. The fourth-order valence-corrected chi connectivity index (χ4v) is 1.70. The lowest BCUT2D eigenvalue weighted by atomic mass is 10.0. The van der Waals surface area contributed by atoms with Crippen LogP contribution in [0.25, 0.3) is 0 Å². The predicted molar refractivity (Wildman–Crippen MR) is 70.1 cm³/mol. The molecular weight excluding hydrogens is 250 g/mol. The first-order valence-electron chi connectivity index (χ1n) is 5.92. The topological polar surface area (TPSA) is 105 Å². The van der Waals surface area contributed by atoms with E-state index in [1.54, 1.807) is 0 Å². The van der Waals surface area contributed by atoms with Gasteiger partial charge in [0, 0.05) is 6.07 Å². The molecular formula is C12H17N3O4. The van der Waals surface area contributed by atoms with Crippen molar-refractivity contribution in [1.82, 2.24) is 4.98 Å². The van der Waals surface area contributed by atoms with Crippen LogP contribution in [0, 0.1) is 23.0 Å². The van der Waals surface area contributed by atoms with E-state index >= 15 is 0 Å². The Morgan fingerprint density at radius 2 is 2.16 bits per heavy atom. The first kappa shape index (κ1) is 14.9. The zero-order valence-corrected chi connectivity index (χ0v) is 11.1. The van der Waals surface area contributed by atoms with Gasteiger partial charge in [0.1, 0.15) is 17.6 Å². The molecule has 0 radical (unpaired) electrons. The smallest absolute Gasteiger partial charge is 0.326 e. The van der Waals surface area contributed by atoms with E-state index in [1.165, 1.54) is 19.1 Å². The van der Waals surface area contributed by atoms with Gasteiger partial charge in [0.05, 0.1) is 4.92 Å². The van der Waals surface area contributed by atoms with Gasteiger partial charge in [-0.1, -0.05) is 13.8 Å². The van der Waals surface area contributed by atoms with E-state index in [4.69, 9.17) is 5.11 Å². The van der Waals surface area contributed by atoms with Crippen molar-refractivity contribution >= 4 is 17.5 Å². The van der Waals surface area contributed by atoms with Gasteiger partial charge in [0.25, 0.3) is 5.69 Å². The summed E-state index contributed by atoms with van der Waals surface area (Å²) in [5, 5.41) is 22.5. The molecule has 7 heteroatoms. The standard InChI is InChI=1S/C12H17N3O4/c1-7(2)6-9(12(16)17)14-11-5-4-10(15(18)19)8(3)13-11/h4-5,7,9H,6H2,1-3H3,(H,13,14)(H,16,17). The zero-order chi connectivity index (χ0) is 14.6. The molecule has 1 rings (SSSR count). The molecule has 0 aliphatic heterocycles. The first-order valence-corrected chi connectivity index (χ1v) is 5.92. The van der Waals surface area contributed by atoms with Crippen LogP contribution in [0.1, 0.15) is 26.0 Å². The fourth-order valence-electron chi connectivity index (χ4n) is 1.70. The Morgan fingerprint density at radius 3 is 2.58 bits per heavy atom. The molecule has 0 fully saturated rings. The SMILES string of the molecule is Cc1nc(NC(CC(C)C)C(=O)O)ccc1[N+](=O)[O-]. The maximum absolute atomic E-state index is 11.1. The molecule has 1 atom stereocenters. The Labute approximate surface area is 110 Å². The number of hydrogen-bond donors (Lipinski definition) is 2. The molecule has 1 aromatic heterocycles. The van der Waals surface area contributed by atoms with Crippen LogP contribution in [0.3, 0.4) is 0 Å². The fraction of sp³-hybridized carbons (Fsp3) is 0.500. The van der Waals surface area contributed by atoms with Gasteiger partial charge in [-0.3, -0.25) is 10.1 Å². The number of nitrogens with one attached hydrogen (secondary N) is 1. The molecule has 2 N–H and O–H groups in total. The number of carboxylic acid groups (broad SMARTS) is 1. The van der Waals surface area contributed by atoms with Crippen LogP contribution in [-0.2, 0) is 4.79 Å². The molecule has 1 unspecified atom stereocenters. The van der Waals surface area contributed by atoms with Crippen LogP contribution in [0.4, 0.5) is 11.5 Å². The van der Waals surface area contributed by atoms with E-state index < -0.39 is 16.9 Å². The van der Waals surface area contributed by atoms with E-state index in [1.807, 2.05) is 13.8 Å². The Kier molecular flexibility index (Phi) is 4.80. The maximum Gasteiger partial charge on any atom is 0.326 e. The molecule has 0 aliphatic carbocycles. The minimum absolute atomic E-state index is 0.0821. The number of nitro groups is 1. The number of anilines is 1. The van der Waals surface area contributed by atoms with Crippen molar-refractivity contribution < 1.29 is 14.8 Å². The average Bonchev–Trinajstić information content (AvgIpc) is 2.26. The van der Waals surface area contributed by atoms with Gasteiger partial charge >= 0.3 is 5.97 Å². The van der Waals surface area contributed by atoms with Gasteiger partial charge < -0.3 is 10.4 Å². The summed E-state index contributed by atoms with van der Waals surface area (Å²) < 4.78 is 0. The molecule has 0 amide bonds. The number of carbonyl (C=O) groups is 1. The first-order chi connectivity index (χ1) is 8.81. The molecule has 0 aliphatic rings. The summed E-state index contributed by atoms with van der Waals surface area (Å²) in [6.07, 6.45) is 0.451. The van der Waals surface area contributed by atoms with Crippen molar-refractivity contribution in [1.29, 1.82) is 0 Å². The van der Waals surface area contributed by atoms with E-state index in [-0.39, 0.29) is 17.3 Å². The minimum atomic E-state index is -0.966. The molecule has 0 saturated carbocycles. The van der Waals surface area contributed by atoms with Crippen molar-refractivity contribution in [2.45, 2.75) is 33.2 Å². The van der Waals surface area contributed by atoms with Crippen LogP contribution in [-0.4, -0.2) is 27.0 Å². The van der Waals surface area contributed by atoms with Gasteiger partial charge in [-0.2, -0.15) is 0 Å². The Morgan fingerprint density at radius 1 is 1.53 bits per heavy atom. The quantitative estimate of drug-likeness (QED) is 0.604. The second kappa shape index (κ2) is 6.12. The lowest BCUT2D eigenvalue weighted by molar-refractivity contribution is -0.385. The number of aliphatic carboxylic acids is 1. The van der Waals surface area contributed by atoms with Crippen molar-refractivity contribution in [3.8, 4) is 0 Å². The number of hydrogen-bond acceptors (Lipinski definition) is 5. The molecule has 1 heterocycles. The summed E-state index contributed by atoms with van der Waals surface area (Å²) in [5.41, 5.74) is 0.171. The highest BCUT2D eigenvalue weighted by molar-refractivity contribution is 5.76. The lowest BCUT2D eigenvalue weighted by Gasteiger charge is -2.17. The Balaban J connectivity index is 2.88. The van der Waals surface area contributed by atoms with E-state index in [9.17, 15) is 14.9 Å². The normalized spacial score (nSPS) is 12.2. The molecule has 0 aromatic carbocycles. The molecule has 0 bridgehead atoms. The number of nitrogens with zero attached hydrogens (tertiary/aromatic N) is 2. The van der Waals surface area contributed by atoms with Crippen molar-refractivity contribution in [3.05, 3.63) is 27.9 Å². The van der Waals surface area contributed by atoms with E-state index in [0.29, 0.717) is 12.2 Å². The molecule has 7 nitrogen and oxygen atoms in total. The molecule has 104 valence electrons. The molecule has 19 heavy (non-hydrogen) atoms. The second-order valence-electron chi connectivity index (χ2n) is 4.72. The number of carboxylic acids is 1. The van der Waals surface area contributed by atoms with Crippen molar-refractivity contribution in [2.75, 3.05) is 5.32 Å². The van der Waals surface area contributed by atoms with Gasteiger partial charge in [-0.05, 0) is 25.3 Å². The second-order valence-corrected chi connectivity index (χ2v) is 4.72. The van der Waals surface area contributed by atoms with E-state index in [2.05, 4.69) is 10.3 Å². The summed E-state index contributed by atoms with van der Waals surface area (Å²) in [4.78, 5) is 25.2. The van der Waals surface area contributed by atoms with Crippen molar-refractivity contribution in [2.24, 2.45) is 5.92 Å². The highest BCUT2D eigenvalue weighted by Gasteiger charge is 2.20. The van der Waals surface area contributed by atoms with Crippen LogP contribution in [0.2, 0.25) is 0 Å². The number of aromatic nitrogens is 1. The van der Waals surface area contributed by atoms with Crippen LogP contribution in [0.5, 0.6) is 0 Å². The predicted octanol–water partition coefficient (Wildman–Crippen LogP) is 2.21. The van der Waals surface area contributed by atoms with Crippen LogP contribution < -0.4 is 5.32 Å². The third kappa shape index (κ3) is 4.20. The monoisotopic (exact) mass is 267 g/mol. The Hall–Kier alpha value is -2.18. The van der Waals surface area contributed by atoms with Crippen LogP contribution in [0.15, 0.2) is 12.1 Å². The molecule has 0 saturated heterocycles. The summed E-state index contributed by atoms with van der Waals surface area (Å²) in [7, 11) is 0. The highest BCUT2D eigenvalue weighted by Crippen LogP contribution is 2.19. The maximum atomic E-state index is 11.1. The number of rotatable bonds is 6. The Bertz CT molecular complexity index is 488. The van der Waals surface area contributed by atoms with Gasteiger partial charge in [0.15, 0.2) is 0 Å². The summed E-state index contributed by atoms with van der Waals surface area (Å²) in [5.74, 6) is -0.421. The largest absolute Gasteiger partial charge is 0.480 e. The van der Waals surface area contributed by atoms with Crippen LogP contribution >= 0.6 is 0 Å². The summed E-state index contributed by atoms with van der Waals surface area (Å²) in [6.45, 7) is 5.36. The average molecular weight is 267 g/mol. The highest BCUT2D eigenvalue weighted by atomic mass is 16.6. The number of aryl methyl sites for hydroxylation is 1. The van der Waals surface area contributed by atoms with Gasteiger partial charge in [0.2, 0.25) is 0 Å². The summed E-state index contributed by atoms with van der Waals surface area (Å²) >= 11 is 0. The van der Waals surface area contributed by atoms with Gasteiger partial charge in [-0.25, -0.2) is 9.78 Å². The minimum Gasteiger partial charge on any atom is -0.480 e. The zero-order valence-electron chi connectivity index (χ0n) is 11.1. The lowest BCUT2D eigenvalue weighted by Crippen LogP contribution is -2.31.